The highest BCUT2D eigenvalue weighted by Gasteiger charge is 2.27. The molecule has 0 N–H and O–H groups in total. The Balaban J connectivity index is 1.51. The molecule has 0 radical (unpaired) electrons. The number of aromatic nitrogens is 2. The smallest absolute Gasteiger partial charge is 0.227 e. The number of nitrogens with zero attached hydrogens (tertiary/aromatic N) is 3. The van der Waals surface area contributed by atoms with Crippen molar-refractivity contribution in [3.63, 3.8) is 0 Å². The molecule has 5 nitrogen and oxygen atoms in total. The van der Waals surface area contributed by atoms with Crippen molar-refractivity contribution in [1.82, 2.24) is 14.9 Å². The zero-order valence-electron chi connectivity index (χ0n) is 15.5. The topological polar surface area (TPSA) is 55.3 Å². The summed E-state index contributed by atoms with van der Waals surface area (Å²) >= 11 is 1.83. The summed E-state index contributed by atoms with van der Waals surface area (Å²) in [5.41, 5.74) is 1.05. The predicted molar refractivity (Wildman–Crippen MR) is 104 cm³/mol. The lowest BCUT2D eigenvalue weighted by molar-refractivity contribution is -0.129. The fraction of sp³-hybridized carbons (Fsp3) is 0.450. The van der Waals surface area contributed by atoms with Crippen molar-refractivity contribution in [1.29, 1.82) is 0 Å². The van der Waals surface area contributed by atoms with Gasteiger partial charge < -0.3 is 9.64 Å². The number of benzene rings is 1. The summed E-state index contributed by atoms with van der Waals surface area (Å²) < 4.78 is 5.89. The largest absolute Gasteiger partial charge is 0.472 e. The molecular formula is C20H25N3O2S. The maximum atomic E-state index is 12.6. The van der Waals surface area contributed by atoms with Crippen LogP contribution in [0.1, 0.15) is 31.7 Å². The van der Waals surface area contributed by atoms with Gasteiger partial charge in [-0.1, -0.05) is 26.0 Å². The number of hydrogen-bond acceptors (Lipinski definition) is 5. The van der Waals surface area contributed by atoms with Crippen molar-refractivity contribution < 1.29 is 9.53 Å². The maximum Gasteiger partial charge on any atom is 0.227 e. The molecule has 1 aliphatic rings. The van der Waals surface area contributed by atoms with Crippen molar-refractivity contribution in [2.75, 3.05) is 13.1 Å². The molecule has 1 unspecified atom stereocenters. The molecule has 1 aromatic heterocycles. The van der Waals surface area contributed by atoms with E-state index >= 15 is 0 Å². The second-order valence-electron chi connectivity index (χ2n) is 6.80. The van der Waals surface area contributed by atoms with E-state index in [2.05, 4.69) is 48.1 Å². The highest BCUT2D eigenvalue weighted by atomic mass is 32.2. The van der Waals surface area contributed by atoms with Crippen LogP contribution in [0.2, 0.25) is 0 Å². The molecule has 0 saturated carbocycles. The molecule has 0 spiro atoms. The number of hydrogen-bond donors (Lipinski definition) is 0. The Morgan fingerprint density at radius 2 is 2.08 bits per heavy atom. The molecular weight excluding hydrogens is 346 g/mol. The van der Waals surface area contributed by atoms with E-state index in [0.717, 1.165) is 18.5 Å². The van der Waals surface area contributed by atoms with Gasteiger partial charge in [-0.3, -0.25) is 4.79 Å². The number of aryl methyl sites for hydroxylation is 1. The number of ether oxygens (including phenoxy) is 1. The van der Waals surface area contributed by atoms with Crippen LogP contribution in [0.25, 0.3) is 0 Å². The minimum absolute atomic E-state index is 0.00179. The number of carbonyl (C=O) groups is 1. The van der Waals surface area contributed by atoms with Gasteiger partial charge in [0.25, 0.3) is 0 Å². The van der Waals surface area contributed by atoms with E-state index in [1.54, 1.807) is 12.3 Å². The number of likely N-dealkylation sites (tertiary alicyclic amines) is 1. The van der Waals surface area contributed by atoms with Gasteiger partial charge >= 0.3 is 0 Å². The van der Waals surface area contributed by atoms with E-state index in [9.17, 15) is 4.79 Å². The molecule has 1 fully saturated rings. The van der Waals surface area contributed by atoms with Crippen LogP contribution in [-0.4, -0.2) is 45.2 Å². The van der Waals surface area contributed by atoms with E-state index in [4.69, 9.17) is 4.74 Å². The lowest BCUT2D eigenvalue weighted by Crippen LogP contribution is -2.32. The van der Waals surface area contributed by atoms with Crippen LogP contribution in [0.3, 0.4) is 0 Å². The van der Waals surface area contributed by atoms with Crippen LogP contribution in [-0.2, 0) is 11.2 Å². The van der Waals surface area contributed by atoms with Gasteiger partial charge in [0.1, 0.15) is 11.9 Å². The van der Waals surface area contributed by atoms with E-state index in [-0.39, 0.29) is 12.0 Å². The number of rotatable bonds is 6. The van der Waals surface area contributed by atoms with Gasteiger partial charge in [0.2, 0.25) is 11.8 Å². The van der Waals surface area contributed by atoms with Gasteiger partial charge in [-0.05, 0) is 24.6 Å². The summed E-state index contributed by atoms with van der Waals surface area (Å²) in [5.74, 6) is 1.42. The van der Waals surface area contributed by atoms with Gasteiger partial charge in [-0.25, -0.2) is 4.98 Å². The third-order valence-electron chi connectivity index (χ3n) is 4.19. The van der Waals surface area contributed by atoms with Crippen molar-refractivity contribution >= 4 is 17.7 Å². The molecule has 1 amide bonds. The molecule has 3 rings (SSSR count). The van der Waals surface area contributed by atoms with E-state index < -0.39 is 0 Å². The maximum absolute atomic E-state index is 12.6. The predicted octanol–water partition coefficient (Wildman–Crippen LogP) is 3.51. The highest BCUT2D eigenvalue weighted by molar-refractivity contribution is 7.99. The highest BCUT2D eigenvalue weighted by Crippen LogP contribution is 2.23. The number of thioether (sulfide) groups is 1. The van der Waals surface area contributed by atoms with Gasteiger partial charge in [0.05, 0.1) is 13.0 Å². The Morgan fingerprint density at radius 1 is 1.31 bits per heavy atom. The average Bonchev–Trinajstić information content (AvgIpc) is 3.05. The zero-order valence-corrected chi connectivity index (χ0v) is 16.3. The van der Waals surface area contributed by atoms with E-state index in [1.807, 2.05) is 23.6 Å². The molecule has 26 heavy (non-hydrogen) atoms. The minimum Gasteiger partial charge on any atom is -0.472 e. The van der Waals surface area contributed by atoms with Crippen LogP contribution < -0.4 is 4.74 Å². The fourth-order valence-corrected chi connectivity index (χ4v) is 3.80. The molecule has 1 aromatic carbocycles. The first-order valence-electron chi connectivity index (χ1n) is 8.99. The van der Waals surface area contributed by atoms with Crippen LogP contribution >= 0.6 is 11.8 Å². The van der Waals surface area contributed by atoms with E-state index in [0.29, 0.717) is 29.9 Å². The Hall–Kier alpha value is -2.08. The second-order valence-corrected chi connectivity index (χ2v) is 8.45. The minimum atomic E-state index is -0.00179. The van der Waals surface area contributed by atoms with Crippen molar-refractivity contribution in [3.05, 3.63) is 47.9 Å². The molecule has 1 saturated heterocycles. The molecule has 138 valence electrons. The number of carbonyl (C=O) groups excluding carboxylic acids is 1. The van der Waals surface area contributed by atoms with Gasteiger partial charge in [-0.2, -0.15) is 4.98 Å². The number of amides is 1. The SMILES string of the molecule is Cc1nccc(OC2CCN(C(=O)Cc3ccc(SC(C)C)cc3)C2)n1. The zero-order chi connectivity index (χ0) is 18.5. The van der Waals surface area contributed by atoms with Gasteiger partial charge in [0.15, 0.2) is 0 Å². The van der Waals surface area contributed by atoms with Crippen molar-refractivity contribution in [3.8, 4) is 5.88 Å². The quantitative estimate of drug-likeness (QED) is 0.728. The first-order chi connectivity index (χ1) is 12.5. The Kier molecular flexibility index (Phi) is 6.14. The van der Waals surface area contributed by atoms with Crippen LogP contribution in [0.15, 0.2) is 41.4 Å². The van der Waals surface area contributed by atoms with Gasteiger partial charge in [0, 0.05) is 35.4 Å². The second kappa shape index (κ2) is 8.54. The molecule has 0 bridgehead atoms. The van der Waals surface area contributed by atoms with Crippen LogP contribution in [0.4, 0.5) is 0 Å². The summed E-state index contributed by atoms with van der Waals surface area (Å²) in [7, 11) is 0. The summed E-state index contributed by atoms with van der Waals surface area (Å²) in [5, 5.41) is 0.558. The standard InChI is InChI=1S/C20H25N3O2S/c1-14(2)26-18-6-4-16(5-7-18)12-20(24)23-11-9-17(13-23)25-19-8-10-21-15(3)22-19/h4-8,10,14,17H,9,11-13H2,1-3H3. The third kappa shape index (κ3) is 5.21. The Bertz CT molecular complexity index is 749. The molecule has 0 aliphatic carbocycles. The molecule has 1 aliphatic heterocycles. The molecule has 6 heteroatoms. The third-order valence-corrected chi connectivity index (χ3v) is 5.20. The van der Waals surface area contributed by atoms with Crippen LogP contribution in [0, 0.1) is 6.92 Å². The summed E-state index contributed by atoms with van der Waals surface area (Å²) in [6.45, 7) is 7.54. The monoisotopic (exact) mass is 371 g/mol. The Morgan fingerprint density at radius 3 is 2.77 bits per heavy atom. The Labute approximate surface area is 159 Å². The first-order valence-corrected chi connectivity index (χ1v) is 9.87. The van der Waals surface area contributed by atoms with Crippen LogP contribution in [0.5, 0.6) is 5.88 Å². The van der Waals surface area contributed by atoms with Crippen molar-refractivity contribution in [2.45, 2.75) is 49.9 Å². The normalized spacial score (nSPS) is 16.9. The molecule has 2 aromatic rings. The van der Waals surface area contributed by atoms with Gasteiger partial charge in [-0.15, -0.1) is 11.8 Å². The lowest BCUT2D eigenvalue weighted by atomic mass is 10.1. The van der Waals surface area contributed by atoms with E-state index in [1.165, 1.54) is 4.90 Å². The molecule has 1 atom stereocenters. The fourth-order valence-electron chi connectivity index (χ4n) is 2.97. The van der Waals surface area contributed by atoms with Crippen molar-refractivity contribution in [2.24, 2.45) is 0 Å². The first kappa shape index (κ1) is 18.7. The summed E-state index contributed by atoms with van der Waals surface area (Å²) in [6, 6.07) is 10.1. The average molecular weight is 372 g/mol. The molecule has 2 heterocycles. The summed E-state index contributed by atoms with van der Waals surface area (Å²) in [4.78, 5) is 24.0. The summed E-state index contributed by atoms with van der Waals surface area (Å²) in [6.07, 6.45) is 2.96. The lowest BCUT2D eigenvalue weighted by Gasteiger charge is -2.17.